The van der Waals surface area contributed by atoms with Crippen molar-refractivity contribution in [2.75, 3.05) is 14.3 Å². The zero-order chi connectivity index (χ0) is 25.9. The molecule has 0 aliphatic carbocycles. The van der Waals surface area contributed by atoms with Crippen LogP contribution in [0, 0.1) is 0 Å². The van der Waals surface area contributed by atoms with Crippen LogP contribution in [-0.4, -0.2) is 42.6 Å². The number of aliphatic imine (C=N–C) groups is 2. The van der Waals surface area contributed by atoms with Crippen LogP contribution in [-0.2, 0) is 20.4 Å². The van der Waals surface area contributed by atoms with Crippen molar-refractivity contribution in [2.45, 2.75) is 55.4 Å². The van der Waals surface area contributed by atoms with Gasteiger partial charge in [0.05, 0.1) is 7.18 Å². The molecule has 33 heavy (non-hydrogen) atoms. The van der Waals surface area contributed by atoms with Gasteiger partial charge in [-0.3, -0.25) is 14.0 Å². The maximum atomic E-state index is 11.3. The summed E-state index contributed by atoms with van der Waals surface area (Å²) < 4.78 is 9.50. The number of carbonyl (C=O) groups excluding carboxylic acids is 2. The summed E-state index contributed by atoms with van der Waals surface area (Å²) in [6.45, 7) is 15.2. The third kappa shape index (κ3) is 25.8. The Morgan fingerprint density at radius 2 is 0.818 bits per heavy atom. The molecule has 0 heterocycles. The third-order valence-corrected chi connectivity index (χ3v) is 2.69. The Balaban J connectivity index is -0.000000119. The molecule has 0 spiro atoms. The molecule has 5 nitrogen and oxygen atoms in total. The molecule has 1 radical (unpaired) electrons. The molecule has 0 saturated carbocycles. The smallest absolute Gasteiger partial charge is 0.276 e. The Hall–Kier alpha value is -2.33. The van der Waals surface area contributed by atoms with Crippen LogP contribution in [0.1, 0.15) is 76.1 Å². The Labute approximate surface area is 213 Å². The zero-order valence-corrected chi connectivity index (χ0v) is 24.4. The predicted octanol–water partition coefficient (Wildman–Crippen LogP) is 6.86. The van der Waals surface area contributed by atoms with Crippen molar-refractivity contribution in [1.29, 1.82) is 0 Å². The van der Waals surface area contributed by atoms with Gasteiger partial charge in [-0.15, -0.1) is 0 Å². The number of benzene rings is 2. The fraction of sp³-hybridized carbons (Fsp3) is 0.385. The first-order chi connectivity index (χ1) is 15.4. The van der Waals surface area contributed by atoms with Crippen molar-refractivity contribution < 1.29 is 39.5 Å². The SMILES string of the molecule is CC.CC.CC(C)=NC(=O)c1ccccc1.CC(C)=NC(=O)c1ccccc1.CF.CO.[Re]. The number of aliphatic hydroxyl groups excluding tert-OH is 1. The van der Waals surface area contributed by atoms with E-state index in [0.717, 1.165) is 18.5 Å². The molecular formula is C26H41FN2O3Re. The average Bonchev–Trinajstić information content (AvgIpc) is 2.85. The van der Waals surface area contributed by atoms with Crippen LogP contribution in [0.25, 0.3) is 0 Å². The summed E-state index contributed by atoms with van der Waals surface area (Å²) in [4.78, 5) is 30.2. The number of nitrogens with zero attached hydrogens (tertiary/aromatic N) is 2. The summed E-state index contributed by atoms with van der Waals surface area (Å²) in [6, 6.07) is 18.1. The molecule has 2 aromatic carbocycles. The minimum atomic E-state index is -0.171. The van der Waals surface area contributed by atoms with Gasteiger partial charge in [0.1, 0.15) is 0 Å². The molecule has 0 bridgehead atoms. The van der Waals surface area contributed by atoms with Gasteiger partial charge in [-0.1, -0.05) is 64.1 Å². The monoisotopic (exact) mass is 635 g/mol. The van der Waals surface area contributed by atoms with E-state index in [1.54, 1.807) is 52.0 Å². The van der Waals surface area contributed by atoms with Crippen molar-refractivity contribution in [1.82, 2.24) is 0 Å². The maximum absolute atomic E-state index is 11.3. The normalized spacial score (nSPS) is 7.39. The van der Waals surface area contributed by atoms with E-state index < -0.39 is 0 Å². The van der Waals surface area contributed by atoms with E-state index in [-0.39, 0.29) is 32.2 Å². The molecule has 0 unspecified atom stereocenters. The fourth-order valence-corrected chi connectivity index (χ4v) is 1.70. The van der Waals surface area contributed by atoms with E-state index in [0.29, 0.717) is 18.3 Å². The molecule has 0 fully saturated rings. The van der Waals surface area contributed by atoms with Gasteiger partial charge in [0, 0.05) is 50.1 Å². The fourth-order valence-electron chi connectivity index (χ4n) is 1.70. The number of carbonyl (C=O) groups is 2. The van der Waals surface area contributed by atoms with Gasteiger partial charge in [-0.05, 0) is 52.0 Å². The number of amides is 2. The minimum absolute atomic E-state index is 0. The van der Waals surface area contributed by atoms with Crippen molar-refractivity contribution in [3.63, 3.8) is 0 Å². The van der Waals surface area contributed by atoms with Crippen molar-refractivity contribution >= 4 is 23.2 Å². The quantitative estimate of drug-likeness (QED) is 0.367. The van der Waals surface area contributed by atoms with E-state index in [4.69, 9.17) is 5.11 Å². The molecule has 187 valence electrons. The maximum Gasteiger partial charge on any atom is 0.276 e. The molecule has 0 aliphatic rings. The Morgan fingerprint density at radius 1 is 0.606 bits per heavy atom. The van der Waals surface area contributed by atoms with E-state index in [2.05, 4.69) is 9.98 Å². The van der Waals surface area contributed by atoms with Gasteiger partial charge in [0.25, 0.3) is 11.8 Å². The van der Waals surface area contributed by atoms with E-state index in [1.807, 2.05) is 64.1 Å². The minimum Gasteiger partial charge on any atom is -0.400 e. The van der Waals surface area contributed by atoms with Crippen LogP contribution < -0.4 is 0 Å². The molecule has 0 saturated heterocycles. The first-order valence-corrected chi connectivity index (χ1v) is 10.4. The average molecular weight is 635 g/mol. The first kappa shape index (κ1) is 41.0. The van der Waals surface area contributed by atoms with Crippen LogP contribution in [0.4, 0.5) is 4.39 Å². The van der Waals surface area contributed by atoms with E-state index in [9.17, 15) is 14.0 Å². The van der Waals surface area contributed by atoms with Crippen LogP contribution in [0.3, 0.4) is 0 Å². The van der Waals surface area contributed by atoms with Gasteiger partial charge in [0.15, 0.2) is 0 Å². The van der Waals surface area contributed by atoms with Crippen LogP contribution in [0.5, 0.6) is 0 Å². The molecule has 2 amide bonds. The summed E-state index contributed by atoms with van der Waals surface area (Å²) >= 11 is 0. The number of halogens is 1. The first-order valence-electron chi connectivity index (χ1n) is 10.4. The standard InChI is InChI=1S/2C10H11NO.2C2H6.CH3F.CH4O.Re/c2*1-8(2)11-10(12)9-6-4-3-5-7-9;4*1-2;/h2*3-7H,1-2H3;2*1-2H3;1H3;2H,1H3;. The second kappa shape index (κ2) is 31.9. The number of rotatable bonds is 2. The van der Waals surface area contributed by atoms with Crippen LogP contribution in [0.15, 0.2) is 70.6 Å². The summed E-state index contributed by atoms with van der Waals surface area (Å²) in [6.07, 6.45) is 0. The van der Waals surface area contributed by atoms with Gasteiger partial charge in [-0.2, -0.15) is 0 Å². The number of alkyl halides is 1. The third-order valence-electron chi connectivity index (χ3n) is 2.69. The molecule has 0 atom stereocenters. The summed E-state index contributed by atoms with van der Waals surface area (Å²) in [5.74, 6) is -0.341. The van der Waals surface area contributed by atoms with Crippen molar-refractivity contribution in [2.24, 2.45) is 9.98 Å². The topological polar surface area (TPSA) is 79.1 Å². The molecule has 0 aliphatic heterocycles. The second-order valence-corrected chi connectivity index (χ2v) is 5.46. The summed E-state index contributed by atoms with van der Waals surface area (Å²) in [5, 5.41) is 7.00. The van der Waals surface area contributed by atoms with Crippen molar-refractivity contribution in [3.8, 4) is 0 Å². The largest absolute Gasteiger partial charge is 0.400 e. The molecule has 2 rings (SSSR count). The van der Waals surface area contributed by atoms with Gasteiger partial charge < -0.3 is 5.11 Å². The summed E-state index contributed by atoms with van der Waals surface area (Å²) in [7, 11) is 1.50. The number of aliphatic hydroxyl groups is 1. The van der Waals surface area contributed by atoms with Gasteiger partial charge in [0.2, 0.25) is 0 Å². The van der Waals surface area contributed by atoms with Gasteiger partial charge >= 0.3 is 0 Å². The summed E-state index contributed by atoms with van der Waals surface area (Å²) in [5.41, 5.74) is 2.84. The molecule has 1 N–H and O–H groups in total. The van der Waals surface area contributed by atoms with Crippen LogP contribution >= 0.6 is 0 Å². The second-order valence-electron chi connectivity index (χ2n) is 5.46. The Bertz CT molecular complexity index is 677. The Morgan fingerprint density at radius 3 is 1.00 bits per heavy atom. The predicted molar refractivity (Wildman–Crippen MR) is 137 cm³/mol. The molecule has 0 aromatic heterocycles. The van der Waals surface area contributed by atoms with Gasteiger partial charge in [-0.25, -0.2) is 9.98 Å². The molecular weight excluding hydrogens is 594 g/mol. The van der Waals surface area contributed by atoms with E-state index in [1.165, 1.54) is 0 Å². The van der Waals surface area contributed by atoms with Crippen LogP contribution in [0.2, 0.25) is 0 Å². The molecule has 7 heteroatoms. The van der Waals surface area contributed by atoms with Crippen molar-refractivity contribution in [3.05, 3.63) is 71.8 Å². The van der Waals surface area contributed by atoms with E-state index >= 15 is 0 Å². The number of hydrogen-bond acceptors (Lipinski definition) is 3. The Kier molecular flexibility index (Phi) is 39.6. The number of hydrogen-bond donors (Lipinski definition) is 1. The molecule has 2 aromatic rings. The zero-order valence-electron chi connectivity index (χ0n) is 21.7.